The van der Waals surface area contributed by atoms with Gasteiger partial charge in [-0.15, -0.1) is 0 Å². The number of rotatable bonds is 2. The lowest BCUT2D eigenvalue weighted by Crippen LogP contribution is -2.30. The smallest absolute Gasteiger partial charge is 0.423 e. The van der Waals surface area contributed by atoms with E-state index >= 15 is 0 Å². The Morgan fingerprint density at radius 1 is 1.11 bits per heavy atom. The monoisotopic (exact) mass is 239 g/mol. The van der Waals surface area contributed by atoms with Gasteiger partial charge in [-0.1, -0.05) is 37.3 Å². The van der Waals surface area contributed by atoms with Gasteiger partial charge in [-0.05, 0) is 23.5 Å². The maximum atomic E-state index is 9.36. The first-order chi connectivity index (χ1) is 8.70. The SMILES string of the molecule is CCc1cc(B(O)O)cc2c1[nH]c1ccccc12. The number of fused-ring (bicyclic) bond motifs is 3. The Kier molecular flexibility index (Phi) is 2.61. The van der Waals surface area contributed by atoms with Crippen LogP contribution >= 0.6 is 0 Å². The Bertz CT molecular complexity index is 718. The first kappa shape index (κ1) is 11.3. The molecule has 0 fully saturated rings. The third-order valence-electron chi connectivity index (χ3n) is 3.40. The van der Waals surface area contributed by atoms with Crippen molar-refractivity contribution in [2.45, 2.75) is 13.3 Å². The third-order valence-corrected chi connectivity index (χ3v) is 3.40. The zero-order valence-electron chi connectivity index (χ0n) is 10.1. The summed E-state index contributed by atoms with van der Waals surface area (Å²) < 4.78 is 0. The van der Waals surface area contributed by atoms with Gasteiger partial charge in [0.15, 0.2) is 0 Å². The molecule has 4 heteroatoms. The van der Waals surface area contributed by atoms with Crippen LogP contribution in [0.2, 0.25) is 0 Å². The van der Waals surface area contributed by atoms with E-state index in [1.54, 1.807) is 0 Å². The topological polar surface area (TPSA) is 56.2 Å². The molecule has 3 rings (SSSR count). The molecule has 0 radical (unpaired) electrons. The summed E-state index contributed by atoms with van der Waals surface area (Å²) in [5.41, 5.74) is 3.81. The Labute approximate surface area is 105 Å². The minimum atomic E-state index is -1.42. The van der Waals surface area contributed by atoms with Crippen molar-refractivity contribution in [3.8, 4) is 0 Å². The zero-order valence-corrected chi connectivity index (χ0v) is 10.1. The summed E-state index contributed by atoms with van der Waals surface area (Å²) in [6.45, 7) is 2.06. The molecule has 3 N–H and O–H groups in total. The number of aryl methyl sites for hydroxylation is 1. The quantitative estimate of drug-likeness (QED) is 0.594. The van der Waals surface area contributed by atoms with Crippen molar-refractivity contribution in [3.63, 3.8) is 0 Å². The second-order valence-corrected chi connectivity index (χ2v) is 4.50. The molecule has 0 spiro atoms. The van der Waals surface area contributed by atoms with Gasteiger partial charge in [0.05, 0.1) is 0 Å². The van der Waals surface area contributed by atoms with E-state index in [1.807, 2.05) is 36.4 Å². The highest BCUT2D eigenvalue weighted by molar-refractivity contribution is 6.59. The van der Waals surface area contributed by atoms with Gasteiger partial charge < -0.3 is 15.0 Å². The first-order valence-corrected chi connectivity index (χ1v) is 6.10. The van der Waals surface area contributed by atoms with E-state index in [0.717, 1.165) is 33.8 Å². The van der Waals surface area contributed by atoms with Crippen molar-refractivity contribution in [1.82, 2.24) is 4.98 Å². The van der Waals surface area contributed by atoms with Crippen LogP contribution in [0.4, 0.5) is 0 Å². The number of nitrogens with one attached hydrogen (secondary N) is 1. The number of hydrogen-bond acceptors (Lipinski definition) is 2. The van der Waals surface area contributed by atoms with E-state index in [1.165, 1.54) is 0 Å². The molecule has 0 aliphatic carbocycles. The van der Waals surface area contributed by atoms with Crippen LogP contribution in [-0.2, 0) is 6.42 Å². The van der Waals surface area contributed by atoms with Gasteiger partial charge >= 0.3 is 7.12 Å². The Hall–Kier alpha value is -1.78. The largest absolute Gasteiger partial charge is 0.488 e. The molecule has 2 aromatic carbocycles. The molecule has 0 unspecified atom stereocenters. The van der Waals surface area contributed by atoms with Crippen LogP contribution in [0.5, 0.6) is 0 Å². The van der Waals surface area contributed by atoms with Gasteiger partial charge in [0.2, 0.25) is 0 Å². The molecule has 0 bridgehead atoms. The molecule has 0 aliphatic heterocycles. The summed E-state index contributed by atoms with van der Waals surface area (Å²) in [7, 11) is -1.42. The number of para-hydroxylation sites is 1. The maximum Gasteiger partial charge on any atom is 0.488 e. The molecular formula is C14H14BNO2. The van der Waals surface area contributed by atoms with Gasteiger partial charge in [0, 0.05) is 21.8 Å². The molecule has 0 aliphatic rings. The Morgan fingerprint density at radius 2 is 1.89 bits per heavy atom. The lowest BCUT2D eigenvalue weighted by Gasteiger charge is -2.05. The second-order valence-electron chi connectivity index (χ2n) is 4.50. The van der Waals surface area contributed by atoms with E-state index in [9.17, 15) is 10.0 Å². The van der Waals surface area contributed by atoms with E-state index in [4.69, 9.17) is 0 Å². The van der Waals surface area contributed by atoms with Crippen molar-refractivity contribution in [1.29, 1.82) is 0 Å². The molecule has 1 aromatic heterocycles. The number of aromatic nitrogens is 1. The van der Waals surface area contributed by atoms with Gasteiger partial charge in [-0.2, -0.15) is 0 Å². The van der Waals surface area contributed by atoms with Crippen LogP contribution in [0.1, 0.15) is 12.5 Å². The molecule has 0 amide bonds. The van der Waals surface area contributed by atoms with E-state index in [0.29, 0.717) is 5.46 Å². The minimum absolute atomic E-state index is 0.545. The first-order valence-electron chi connectivity index (χ1n) is 6.10. The molecule has 90 valence electrons. The highest BCUT2D eigenvalue weighted by Crippen LogP contribution is 2.27. The molecule has 0 saturated carbocycles. The summed E-state index contributed by atoms with van der Waals surface area (Å²) >= 11 is 0. The number of aromatic amines is 1. The van der Waals surface area contributed by atoms with Crippen LogP contribution in [0, 0.1) is 0 Å². The van der Waals surface area contributed by atoms with E-state index in [-0.39, 0.29) is 0 Å². The number of H-pyrrole nitrogens is 1. The molecule has 1 heterocycles. The van der Waals surface area contributed by atoms with E-state index in [2.05, 4.69) is 11.9 Å². The summed E-state index contributed by atoms with van der Waals surface area (Å²) in [6.07, 6.45) is 0.851. The van der Waals surface area contributed by atoms with Crippen LogP contribution in [0.3, 0.4) is 0 Å². The second kappa shape index (κ2) is 4.16. The average Bonchev–Trinajstić information content (AvgIpc) is 2.76. The van der Waals surface area contributed by atoms with Crippen LogP contribution < -0.4 is 5.46 Å². The fourth-order valence-corrected chi connectivity index (χ4v) is 2.48. The average molecular weight is 239 g/mol. The van der Waals surface area contributed by atoms with Crippen molar-refractivity contribution in [3.05, 3.63) is 42.0 Å². The normalized spacial score (nSPS) is 11.3. The van der Waals surface area contributed by atoms with E-state index < -0.39 is 7.12 Å². The van der Waals surface area contributed by atoms with Crippen molar-refractivity contribution < 1.29 is 10.0 Å². The van der Waals surface area contributed by atoms with Gasteiger partial charge in [0.1, 0.15) is 0 Å². The standard InChI is InChI=1S/C14H14BNO2/c1-2-9-7-10(15(17)18)8-12-11-5-3-4-6-13(11)16-14(9)12/h3-8,16-18H,2H2,1H3. The lowest BCUT2D eigenvalue weighted by molar-refractivity contribution is 0.426. The van der Waals surface area contributed by atoms with Gasteiger partial charge in [0.25, 0.3) is 0 Å². The van der Waals surface area contributed by atoms with Gasteiger partial charge in [-0.25, -0.2) is 0 Å². The van der Waals surface area contributed by atoms with Crippen molar-refractivity contribution >= 4 is 34.4 Å². The maximum absolute atomic E-state index is 9.36. The highest BCUT2D eigenvalue weighted by Gasteiger charge is 2.15. The predicted molar refractivity (Wildman–Crippen MR) is 75.0 cm³/mol. The Morgan fingerprint density at radius 3 is 2.61 bits per heavy atom. The van der Waals surface area contributed by atoms with Crippen LogP contribution in [-0.4, -0.2) is 22.2 Å². The third kappa shape index (κ3) is 1.62. The van der Waals surface area contributed by atoms with Crippen molar-refractivity contribution in [2.24, 2.45) is 0 Å². The fourth-order valence-electron chi connectivity index (χ4n) is 2.48. The minimum Gasteiger partial charge on any atom is -0.423 e. The highest BCUT2D eigenvalue weighted by atomic mass is 16.4. The number of hydrogen-bond donors (Lipinski definition) is 3. The van der Waals surface area contributed by atoms with Gasteiger partial charge in [-0.3, -0.25) is 0 Å². The van der Waals surface area contributed by atoms with Crippen molar-refractivity contribution in [2.75, 3.05) is 0 Å². The molecule has 0 atom stereocenters. The summed E-state index contributed by atoms with van der Waals surface area (Å²) in [5, 5.41) is 20.9. The number of benzene rings is 2. The summed E-state index contributed by atoms with van der Waals surface area (Å²) in [6, 6.07) is 11.7. The fraction of sp³-hybridized carbons (Fsp3) is 0.143. The molecule has 3 nitrogen and oxygen atoms in total. The van der Waals surface area contributed by atoms with Crippen LogP contribution in [0.15, 0.2) is 36.4 Å². The summed E-state index contributed by atoms with van der Waals surface area (Å²) in [5.74, 6) is 0. The summed E-state index contributed by atoms with van der Waals surface area (Å²) in [4.78, 5) is 3.40. The lowest BCUT2D eigenvalue weighted by atomic mass is 9.78. The molecule has 3 aromatic rings. The Balaban J connectivity index is 2.44. The van der Waals surface area contributed by atoms with Crippen LogP contribution in [0.25, 0.3) is 21.8 Å². The molecular weight excluding hydrogens is 225 g/mol. The zero-order chi connectivity index (χ0) is 12.7. The molecule has 18 heavy (non-hydrogen) atoms. The molecule has 0 saturated heterocycles. The predicted octanol–water partition coefficient (Wildman–Crippen LogP) is 1.56.